The summed E-state index contributed by atoms with van der Waals surface area (Å²) >= 11 is 0. The Hall–Kier alpha value is -0.710. The molecule has 0 aliphatic carbocycles. The molecule has 0 aromatic rings. The van der Waals surface area contributed by atoms with Gasteiger partial charge in [0.2, 0.25) is 0 Å². The molecule has 0 aliphatic heterocycles. The molecule has 0 saturated carbocycles. The Morgan fingerprint density at radius 3 is 2.58 bits per heavy atom. The van der Waals surface area contributed by atoms with Crippen LogP contribution in [0.5, 0.6) is 0 Å². The summed E-state index contributed by atoms with van der Waals surface area (Å²) in [5.41, 5.74) is 0.727. The minimum absolute atomic E-state index is 0.317. The van der Waals surface area contributed by atoms with E-state index >= 15 is 0 Å². The Bertz CT molecular complexity index is 166. The van der Waals surface area contributed by atoms with Crippen molar-refractivity contribution in [3.8, 4) is 0 Å². The van der Waals surface area contributed by atoms with Crippen LogP contribution in [-0.2, 0) is 4.79 Å². The molecule has 0 heterocycles. The molecule has 2 N–H and O–H groups in total. The molecule has 0 atom stereocenters. The predicted octanol–water partition coefficient (Wildman–Crippen LogP) is -0.528. The van der Waals surface area contributed by atoms with E-state index < -0.39 is 5.91 Å². The van der Waals surface area contributed by atoms with Crippen LogP contribution in [0.4, 0.5) is 0 Å². The lowest BCUT2D eigenvalue weighted by Crippen LogP contribution is -2.82. The van der Waals surface area contributed by atoms with E-state index in [1.165, 1.54) is 0 Å². The summed E-state index contributed by atoms with van der Waals surface area (Å²) in [6.45, 7) is 4.43. The molecule has 0 radical (unpaired) electrons. The van der Waals surface area contributed by atoms with E-state index in [-0.39, 0.29) is 0 Å². The van der Waals surface area contributed by atoms with E-state index in [0.717, 1.165) is 13.0 Å². The first-order chi connectivity index (χ1) is 5.57. The first-order valence-corrected chi connectivity index (χ1v) is 3.90. The molecule has 70 valence electrons. The van der Waals surface area contributed by atoms with Gasteiger partial charge in [0.25, 0.3) is 0 Å². The van der Waals surface area contributed by atoms with Crippen LogP contribution in [-0.4, -0.2) is 31.4 Å². The number of nitrogens with two attached hydrogens (primary N) is 1. The average Bonchev–Trinajstić information content (AvgIpc) is 2.02. The fraction of sp³-hybridized carbons (Fsp3) is 0.625. The molecule has 0 aromatic carbocycles. The zero-order chi connectivity index (χ0) is 9.56. The van der Waals surface area contributed by atoms with Gasteiger partial charge in [0.15, 0.2) is 0 Å². The van der Waals surface area contributed by atoms with Gasteiger partial charge >= 0.3 is 5.91 Å². The zero-order valence-electron chi connectivity index (χ0n) is 7.67. The van der Waals surface area contributed by atoms with Crippen LogP contribution < -0.4 is 5.48 Å². The SMILES string of the molecule is C=C(CCCN(C)C)C(=O)[NH2+][O-]. The van der Waals surface area contributed by atoms with Crippen molar-refractivity contribution >= 4 is 5.91 Å². The molecule has 0 rings (SSSR count). The van der Waals surface area contributed by atoms with Crippen molar-refractivity contribution in [1.82, 2.24) is 4.90 Å². The van der Waals surface area contributed by atoms with E-state index in [0.29, 0.717) is 17.5 Å². The number of nitrogens with zero attached hydrogens (tertiary/aromatic N) is 1. The number of rotatable bonds is 5. The van der Waals surface area contributed by atoms with Gasteiger partial charge in [-0.25, -0.2) is 4.79 Å². The maximum Gasteiger partial charge on any atom is 0.337 e. The highest BCUT2D eigenvalue weighted by molar-refractivity contribution is 5.84. The number of quaternary nitrogens is 1. The standard InChI is InChI=1S/C8H16N2O2/c1-7(8(11)9-12)5-4-6-10(2)3/h1,4-6,9H2,2-3H3. The highest BCUT2D eigenvalue weighted by atomic mass is 16.5. The Kier molecular flexibility index (Phi) is 5.53. The van der Waals surface area contributed by atoms with Crippen LogP contribution in [0, 0.1) is 5.21 Å². The van der Waals surface area contributed by atoms with Crippen molar-refractivity contribution in [2.24, 2.45) is 0 Å². The van der Waals surface area contributed by atoms with Gasteiger partial charge in [0.1, 0.15) is 0 Å². The summed E-state index contributed by atoms with van der Waals surface area (Å²) in [6, 6.07) is 0. The molecule has 4 heteroatoms. The van der Waals surface area contributed by atoms with Crippen LogP contribution in [0.1, 0.15) is 12.8 Å². The number of carbonyl (C=O) groups is 1. The van der Waals surface area contributed by atoms with Gasteiger partial charge in [-0.05, 0) is 33.5 Å². The monoisotopic (exact) mass is 172 g/mol. The highest BCUT2D eigenvalue weighted by Gasteiger charge is 2.06. The van der Waals surface area contributed by atoms with Crippen molar-refractivity contribution in [3.05, 3.63) is 17.4 Å². The Morgan fingerprint density at radius 1 is 1.58 bits per heavy atom. The summed E-state index contributed by atoms with van der Waals surface area (Å²) in [6.07, 6.45) is 1.47. The second-order valence-corrected chi connectivity index (χ2v) is 2.99. The largest absolute Gasteiger partial charge is 0.628 e. The molecule has 0 aliphatic rings. The van der Waals surface area contributed by atoms with Crippen molar-refractivity contribution in [3.63, 3.8) is 0 Å². The molecular weight excluding hydrogens is 156 g/mol. The van der Waals surface area contributed by atoms with Crippen LogP contribution in [0.2, 0.25) is 0 Å². The molecule has 0 bridgehead atoms. The molecule has 0 aromatic heterocycles. The molecule has 0 unspecified atom stereocenters. The fourth-order valence-electron chi connectivity index (χ4n) is 0.815. The van der Waals surface area contributed by atoms with E-state index in [2.05, 4.69) is 6.58 Å². The normalized spacial score (nSPS) is 10.3. The summed E-state index contributed by atoms with van der Waals surface area (Å²) in [5.74, 6) is -0.478. The van der Waals surface area contributed by atoms with E-state index in [1.54, 1.807) is 0 Å². The number of hydroxylamine groups is 1. The number of hydrogen-bond donors (Lipinski definition) is 1. The van der Waals surface area contributed by atoms with Gasteiger partial charge in [0, 0.05) is 5.57 Å². The quantitative estimate of drug-likeness (QED) is 0.448. The molecule has 0 spiro atoms. The molecule has 12 heavy (non-hydrogen) atoms. The van der Waals surface area contributed by atoms with Crippen molar-refractivity contribution in [1.29, 1.82) is 0 Å². The maximum absolute atomic E-state index is 10.7. The first-order valence-electron chi connectivity index (χ1n) is 3.90. The fourth-order valence-corrected chi connectivity index (χ4v) is 0.815. The minimum atomic E-state index is -0.478. The van der Waals surface area contributed by atoms with Gasteiger partial charge in [0.05, 0.1) is 0 Å². The van der Waals surface area contributed by atoms with Crippen LogP contribution in [0.3, 0.4) is 0 Å². The second kappa shape index (κ2) is 5.88. The van der Waals surface area contributed by atoms with Crippen molar-refractivity contribution in [2.45, 2.75) is 12.8 Å². The minimum Gasteiger partial charge on any atom is -0.628 e. The lowest BCUT2D eigenvalue weighted by Gasteiger charge is -2.09. The number of amides is 1. The highest BCUT2D eigenvalue weighted by Crippen LogP contribution is 2.00. The van der Waals surface area contributed by atoms with Gasteiger partial charge < -0.3 is 15.6 Å². The van der Waals surface area contributed by atoms with Gasteiger partial charge in [-0.15, -0.1) is 0 Å². The summed E-state index contributed by atoms with van der Waals surface area (Å²) < 4.78 is 0. The van der Waals surface area contributed by atoms with E-state index in [4.69, 9.17) is 0 Å². The molecule has 4 nitrogen and oxygen atoms in total. The van der Waals surface area contributed by atoms with E-state index in [9.17, 15) is 10.0 Å². The number of primary amides is 1. The summed E-state index contributed by atoms with van der Waals surface area (Å²) in [4.78, 5) is 12.7. The van der Waals surface area contributed by atoms with Crippen molar-refractivity contribution in [2.75, 3.05) is 20.6 Å². The molecule has 1 amide bonds. The number of hydrogen-bond acceptors (Lipinski definition) is 3. The first kappa shape index (κ1) is 11.3. The second-order valence-electron chi connectivity index (χ2n) is 2.99. The smallest absolute Gasteiger partial charge is 0.337 e. The predicted molar refractivity (Wildman–Crippen MR) is 47.2 cm³/mol. The van der Waals surface area contributed by atoms with Gasteiger partial charge in [-0.2, -0.15) is 0 Å². The summed E-state index contributed by atoms with van der Waals surface area (Å²) in [5, 5.41) is 10.0. The Morgan fingerprint density at radius 2 is 2.17 bits per heavy atom. The maximum atomic E-state index is 10.7. The zero-order valence-corrected chi connectivity index (χ0v) is 7.67. The molecule has 0 saturated heterocycles. The summed E-state index contributed by atoms with van der Waals surface area (Å²) in [7, 11) is 3.93. The lowest BCUT2D eigenvalue weighted by molar-refractivity contribution is -0.496. The topological polar surface area (TPSA) is 60.0 Å². The van der Waals surface area contributed by atoms with Crippen molar-refractivity contribution < 1.29 is 10.3 Å². The van der Waals surface area contributed by atoms with Crippen LogP contribution >= 0.6 is 0 Å². The number of carbonyl (C=O) groups excluding carboxylic acids is 1. The third kappa shape index (κ3) is 5.01. The third-order valence-corrected chi connectivity index (χ3v) is 1.54. The van der Waals surface area contributed by atoms with E-state index in [1.807, 2.05) is 19.0 Å². The van der Waals surface area contributed by atoms with Gasteiger partial charge in [-0.3, -0.25) is 0 Å². The van der Waals surface area contributed by atoms with Crippen LogP contribution in [0.25, 0.3) is 0 Å². The van der Waals surface area contributed by atoms with Crippen LogP contribution in [0.15, 0.2) is 12.2 Å². The molecule has 0 fully saturated rings. The Labute approximate surface area is 72.8 Å². The third-order valence-electron chi connectivity index (χ3n) is 1.54. The lowest BCUT2D eigenvalue weighted by atomic mass is 10.1. The molecular formula is C8H16N2O2. The van der Waals surface area contributed by atoms with Gasteiger partial charge in [-0.1, -0.05) is 6.58 Å². The Balaban J connectivity index is 3.51. The average molecular weight is 172 g/mol.